The molecule has 2 heterocycles. The molecule has 2 aromatic carbocycles. The fraction of sp³-hybridized carbons (Fsp3) is 0.381. The molecule has 0 aromatic heterocycles. The Balaban J connectivity index is 1.62. The van der Waals surface area contributed by atoms with E-state index in [2.05, 4.69) is 12.1 Å². The summed E-state index contributed by atoms with van der Waals surface area (Å²) in [6.07, 6.45) is 0.697. The van der Waals surface area contributed by atoms with Gasteiger partial charge in [-0.2, -0.15) is 0 Å². The summed E-state index contributed by atoms with van der Waals surface area (Å²) in [5.74, 6) is -0.156. The number of Topliss-reactive ketones (excluding diaryl/α,β-unsaturated/α-hetero) is 1. The molecule has 0 radical (unpaired) electrons. The molecule has 5 heteroatoms. The van der Waals surface area contributed by atoms with Gasteiger partial charge in [0, 0.05) is 12.0 Å². The topological polar surface area (TPSA) is 65.0 Å². The van der Waals surface area contributed by atoms with E-state index in [9.17, 15) is 9.90 Å². The third kappa shape index (κ3) is 3.14. The molecule has 1 spiro atoms. The maximum absolute atomic E-state index is 12.2. The molecule has 2 atom stereocenters. The van der Waals surface area contributed by atoms with E-state index in [0.29, 0.717) is 6.61 Å². The Kier molecular flexibility index (Phi) is 4.53. The van der Waals surface area contributed by atoms with E-state index in [1.165, 1.54) is 5.56 Å². The predicted molar refractivity (Wildman–Crippen MR) is 94.9 cm³/mol. The summed E-state index contributed by atoms with van der Waals surface area (Å²) in [5, 5.41) is 9.45. The van der Waals surface area contributed by atoms with Crippen molar-refractivity contribution in [1.29, 1.82) is 0 Å². The lowest BCUT2D eigenvalue weighted by atomic mass is 9.90. The van der Waals surface area contributed by atoms with Crippen molar-refractivity contribution in [2.45, 2.75) is 37.8 Å². The molecule has 5 nitrogen and oxygen atoms in total. The first-order valence-electron chi connectivity index (χ1n) is 8.81. The number of carbonyl (C=O) groups excluding carboxylic acids is 1. The molecule has 26 heavy (non-hydrogen) atoms. The van der Waals surface area contributed by atoms with Gasteiger partial charge >= 0.3 is 0 Å². The second-order valence-electron chi connectivity index (χ2n) is 6.90. The minimum absolute atomic E-state index is 0.0590. The number of fused-ring (bicyclic) bond motifs is 2. The fourth-order valence-electron chi connectivity index (χ4n) is 3.75. The van der Waals surface area contributed by atoms with Gasteiger partial charge in [0.15, 0.2) is 0 Å². The normalized spacial score (nSPS) is 24.7. The van der Waals surface area contributed by atoms with Crippen molar-refractivity contribution in [3.05, 3.63) is 64.7 Å². The van der Waals surface area contributed by atoms with Gasteiger partial charge in [-0.3, -0.25) is 4.79 Å². The van der Waals surface area contributed by atoms with Crippen LogP contribution < -0.4 is 4.74 Å². The number of ether oxygens (including phenoxy) is 3. The first-order valence-corrected chi connectivity index (χ1v) is 8.81. The largest absolute Gasteiger partial charge is 0.497 e. The fourth-order valence-corrected chi connectivity index (χ4v) is 3.75. The van der Waals surface area contributed by atoms with E-state index < -0.39 is 11.9 Å². The lowest BCUT2D eigenvalue weighted by Gasteiger charge is -2.37. The first kappa shape index (κ1) is 17.2. The number of methoxy groups -OCH3 is 1. The van der Waals surface area contributed by atoms with Crippen LogP contribution in [0.3, 0.4) is 0 Å². The molecule has 1 unspecified atom stereocenters. The summed E-state index contributed by atoms with van der Waals surface area (Å²) in [6.45, 7) is 0.237. The Morgan fingerprint density at radius 2 is 1.96 bits per heavy atom. The minimum Gasteiger partial charge on any atom is -0.497 e. The van der Waals surface area contributed by atoms with Gasteiger partial charge in [0.25, 0.3) is 0 Å². The van der Waals surface area contributed by atoms with Gasteiger partial charge in [-0.1, -0.05) is 24.3 Å². The van der Waals surface area contributed by atoms with Crippen molar-refractivity contribution < 1.29 is 24.1 Å². The summed E-state index contributed by atoms with van der Waals surface area (Å²) in [4.78, 5) is 12.2. The number of rotatable bonds is 4. The Bertz CT molecular complexity index is 814. The molecule has 1 fully saturated rings. The lowest BCUT2D eigenvalue weighted by molar-refractivity contribution is -0.278. The first-order chi connectivity index (χ1) is 12.6. The Hall–Kier alpha value is -2.21. The molecule has 0 bridgehead atoms. The zero-order valence-corrected chi connectivity index (χ0v) is 14.7. The van der Waals surface area contributed by atoms with Crippen molar-refractivity contribution in [3.8, 4) is 5.75 Å². The van der Waals surface area contributed by atoms with Crippen molar-refractivity contribution in [2.24, 2.45) is 0 Å². The van der Waals surface area contributed by atoms with Gasteiger partial charge in [-0.15, -0.1) is 0 Å². The zero-order valence-electron chi connectivity index (χ0n) is 14.7. The third-order valence-electron chi connectivity index (χ3n) is 5.06. The van der Waals surface area contributed by atoms with E-state index in [-0.39, 0.29) is 25.2 Å². The van der Waals surface area contributed by atoms with E-state index in [0.717, 1.165) is 28.9 Å². The summed E-state index contributed by atoms with van der Waals surface area (Å²) < 4.78 is 17.1. The molecule has 1 N–H and O–H groups in total. The van der Waals surface area contributed by atoms with Crippen molar-refractivity contribution in [1.82, 2.24) is 0 Å². The highest BCUT2D eigenvalue weighted by molar-refractivity contribution is 5.81. The average molecular weight is 354 g/mol. The molecular formula is C21H22O5. The molecule has 2 aliphatic rings. The maximum atomic E-state index is 12.2. The Morgan fingerprint density at radius 3 is 2.69 bits per heavy atom. The van der Waals surface area contributed by atoms with Crippen LogP contribution in [0.15, 0.2) is 42.5 Å². The average Bonchev–Trinajstić information content (AvgIpc) is 2.99. The summed E-state index contributed by atoms with van der Waals surface area (Å²) in [6, 6.07) is 14.2. The van der Waals surface area contributed by atoms with Gasteiger partial charge in [0.1, 0.15) is 11.5 Å². The minimum atomic E-state index is -1.05. The molecule has 2 aromatic rings. The van der Waals surface area contributed by atoms with Crippen molar-refractivity contribution in [3.63, 3.8) is 0 Å². The molecule has 4 rings (SSSR count). The van der Waals surface area contributed by atoms with Gasteiger partial charge < -0.3 is 19.3 Å². The van der Waals surface area contributed by atoms with Gasteiger partial charge in [0.2, 0.25) is 5.79 Å². The number of hydrogen-bond donors (Lipinski definition) is 1. The van der Waals surface area contributed by atoms with Crippen LogP contribution in [0.5, 0.6) is 5.75 Å². The van der Waals surface area contributed by atoms with Crippen LogP contribution in [0, 0.1) is 0 Å². The Labute approximate surface area is 152 Å². The molecule has 2 aliphatic heterocycles. The van der Waals surface area contributed by atoms with Gasteiger partial charge in [-0.05, 0) is 41.3 Å². The summed E-state index contributed by atoms with van der Waals surface area (Å²) in [5.41, 5.74) is 4.25. The summed E-state index contributed by atoms with van der Waals surface area (Å²) >= 11 is 0. The van der Waals surface area contributed by atoms with Crippen LogP contribution in [-0.4, -0.2) is 30.7 Å². The maximum Gasteiger partial charge on any atom is 0.202 e. The molecule has 0 aliphatic carbocycles. The smallest absolute Gasteiger partial charge is 0.202 e. The van der Waals surface area contributed by atoms with Gasteiger partial charge in [-0.25, -0.2) is 0 Å². The van der Waals surface area contributed by atoms with Crippen molar-refractivity contribution in [2.75, 3.05) is 13.7 Å². The number of hydrogen-bond acceptors (Lipinski definition) is 5. The number of ketones is 1. The standard InChI is InChI=1S/C21H22O5/c1-24-18-6-3-14(4-7-18)8-15-2-5-16-13-25-21(20(16)9-15)11-17(23)10-19(12-22)26-21/h2-7,9,19,22H,8,10-13H2,1H3/t19-,21?/m0/s1. The predicted octanol–water partition coefficient (Wildman–Crippen LogP) is 2.71. The molecule has 0 saturated carbocycles. The van der Waals surface area contributed by atoms with Crippen LogP contribution in [0.4, 0.5) is 0 Å². The molecular weight excluding hydrogens is 332 g/mol. The van der Waals surface area contributed by atoms with Crippen molar-refractivity contribution >= 4 is 5.78 Å². The second kappa shape index (κ2) is 6.83. The second-order valence-corrected chi connectivity index (χ2v) is 6.90. The SMILES string of the molecule is COc1ccc(Cc2ccc3c(c2)C2(CC(=O)C[C@@H](CO)O2)OC3)cc1. The quantitative estimate of drug-likeness (QED) is 0.915. The number of carbonyl (C=O) groups is 1. The molecule has 136 valence electrons. The highest BCUT2D eigenvalue weighted by Crippen LogP contribution is 2.44. The van der Waals surface area contributed by atoms with Crippen LogP contribution in [0.1, 0.15) is 35.1 Å². The number of aliphatic hydroxyl groups excluding tert-OH is 1. The van der Waals surface area contributed by atoms with Crippen LogP contribution >= 0.6 is 0 Å². The van der Waals surface area contributed by atoms with Gasteiger partial charge in [0.05, 0.1) is 32.8 Å². The van der Waals surface area contributed by atoms with E-state index in [1.807, 2.05) is 30.3 Å². The van der Waals surface area contributed by atoms with E-state index >= 15 is 0 Å². The lowest BCUT2D eigenvalue weighted by Crippen LogP contribution is -2.43. The Morgan fingerprint density at radius 1 is 1.19 bits per heavy atom. The number of benzene rings is 2. The van der Waals surface area contributed by atoms with E-state index in [1.54, 1.807) is 7.11 Å². The van der Waals surface area contributed by atoms with Crippen LogP contribution in [0.25, 0.3) is 0 Å². The molecule has 1 saturated heterocycles. The summed E-state index contributed by atoms with van der Waals surface area (Å²) in [7, 11) is 1.65. The zero-order chi connectivity index (χ0) is 18.1. The highest BCUT2D eigenvalue weighted by Gasteiger charge is 2.48. The molecule has 0 amide bonds. The third-order valence-corrected chi connectivity index (χ3v) is 5.06. The van der Waals surface area contributed by atoms with E-state index in [4.69, 9.17) is 14.2 Å². The monoisotopic (exact) mass is 354 g/mol. The number of aliphatic hydroxyl groups is 1. The van der Waals surface area contributed by atoms with Crippen LogP contribution in [0.2, 0.25) is 0 Å². The highest BCUT2D eigenvalue weighted by atomic mass is 16.7. The van der Waals surface area contributed by atoms with Crippen LogP contribution in [-0.2, 0) is 33.1 Å².